The molecule has 0 atom stereocenters. The minimum atomic E-state index is -0.0684. The van der Waals surface area contributed by atoms with E-state index in [4.69, 9.17) is 0 Å². The standard InChI is InChI=1S/C35H33N.C33H33N/c1-22-11-14-27(15-12-22)36(34-24(3)19-23(2)20-25(34)4)28-16-17-30-32(21-28)35(5,6)31-18-13-26-9-7-8-10-29(26)33(30)31;1-4-27(5-2)31(28-17-8-6-9-18-28)25-24-29-19-13-15-23-33(29)34(30-20-10-7-11-21-30)32-22-14-12-16-26(32)3/h7-21H,1-6H3;4,7-8,10-25H,1,5-6,9H2,2-3H3/b;25-24-,31-27-. The molecule has 0 radical (unpaired) electrons. The van der Waals surface area contributed by atoms with Crippen LogP contribution >= 0.6 is 0 Å². The summed E-state index contributed by atoms with van der Waals surface area (Å²) in [6.45, 7) is 22.0. The maximum Gasteiger partial charge on any atom is 0.0534 e. The highest BCUT2D eigenvalue weighted by Gasteiger charge is 2.37. The van der Waals surface area contributed by atoms with E-state index in [9.17, 15) is 0 Å². The second-order valence-corrected chi connectivity index (χ2v) is 19.5. The zero-order valence-electron chi connectivity index (χ0n) is 42.4. The third-order valence-electron chi connectivity index (χ3n) is 14.2. The molecule has 0 aliphatic heterocycles. The summed E-state index contributed by atoms with van der Waals surface area (Å²) in [6, 6.07) is 61.8. The summed E-state index contributed by atoms with van der Waals surface area (Å²) in [5.74, 6) is 0. The zero-order chi connectivity index (χ0) is 48.9. The van der Waals surface area contributed by atoms with Gasteiger partial charge in [-0.2, -0.15) is 0 Å². The average Bonchev–Trinajstić information content (AvgIpc) is 3.61. The van der Waals surface area contributed by atoms with Crippen molar-refractivity contribution in [3.8, 4) is 11.1 Å². The van der Waals surface area contributed by atoms with Crippen molar-refractivity contribution in [2.45, 2.75) is 80.1 Å². The van der Waals surface area contributed by atoms with Crippen LogP contribution in [0.4, 0.5) is 34.1 Å². The molecule has 0 saturated heterocycles. The average molecular weight is 911 g/mol. The first kappa shape index (κ1) is 47.4. The van der Waals surface area contributed by atoms with Crippen LogP contribution in [-0.2, 0) is 5.41 Å². The van der Waals surface area contributed by atoms with Crippen molar-refractivity contribution in [3.63, 3.8) is 0 Å². The van der Waals surface area contributed by atoms with Crippen molar-refractivity contribution >= 4 is 51.0 Å². The van der Waals surface area contributed by atoms with E-state index in [2.05, 4.69) is 272 Å². The molecular weight excluding hydrogens is 845 g/mol. The number of fused-ring (bicyclic) bond motifs is 5. The molecule has 0 N–H and O–H groups in total. The lowest BCUT2D eigenvalue weighted by Crippen LogP contribution is -2.17. The first-order valence-corrected chi connectivity index (χ1v) is 25.0. The van der Waals surface area contributed by atoms with E-state index in [1.807, 2.05) is 6.08 Å². The Bertz CT molecular complexity index is 3310. The van der Waals surface area contributed by atoms with Crippen molar-refractivity contribution in [2.24, 2.45) is 0 Å². The molecule has 2 heteroatoms. The molecule has 0 fully saturated rings. The van der Waals surface area contributed by atoms with Gasteiger partial charge in [0.2, 0.25) is 0 Å². The third-order valence-corrected chi connectivity index (χ3v) is 14.2. The van der Waals surface area contributed by atoms with E-state index in [1.54, 1.807) is 0 Å². The van der Waals surface area contributed by atoms with Crippen molar-refractivity contribution in [2.75, 3.05) is 9.80 Å². The largest absolute Gasteiger partial charge is 0.310 e. The highest BCUT2D eigenvalue weighted by atomic mass is 15.2. The van der Waals surface area contributed by atoms with Gasteiger partial charge in [-0.1, -0.05) is 196 Å². The maximum atomic E-state index is 4.09. The highest BCUT2D eigenvalue weighted by molar-refractivity contribution is 6.03. The summed E-state index contributed by atoms with van der Waals surface area (Å²) in [5, 5.41) is 2.64. The van der Waals surface area contributed by atoms with Crippen molar-refractivity contribution in [3.05, 3.63) is 268 Å². The molecule has 0 amide bonds. The van der Waals surface area contributed by atoms with E-state index in [0.29, 0.717) is 0 Å². The van der Waals surface area contributed by atoms with Crippen LogP contribution in [0.5, 0.6) is 0 Å². The Hall–Kier alpha value is -7.68. The van der Waals surface area contributed by atoms with Gasteiger partial charge in [-0.05, 0) is 174 Å². The quantitative estimate of drug-likeness (QED) is 0.119. The van der Waals surface area contributed by atoms with Crippen molar-refractivity contribution in [1.82, 2.24) is 0 Å². The van der Waals surface area contributed by atoms with E-state index in [-0.39, 0.29) is 5.41 Å². The third kappa shape index (κ3) is 9.39. The number of hydrogen-bond acceptors (Lipinski definition) is 2. The summed E-state index contributed by atoms with van der Waals surface area (Å²) in [6.07, 6.45) is 16.5. The van der Waals surface area contributed by atoms with Crippen LogP contribution in [-0.4, -0.2) is 0 Å². The minimum Gasteiger partial charge on any atom is -0.310 e. The number of benzene rings is 8. The molecule has 0 heterocycles. The number of hydrogen-bond donors (Lipinski definition) is 0. The number of rotatable bonds is 11. The van der Waals surface area contributed by atoms with Crippen LogP contribution in [0.15, 0.2) is 224 Å². The lowest BCUT2D eigenvalue weighted by molar-refractivity contribution is 0.661. The molecule has 2 nitrogen and oxygen atoms in total. The SMILES string of the molecule is C=C/C(CC)=C(\C=C/c1ccccc1N(c1ccccc1)c1ccccc1C)C1=CCCC=C1.Cc1ccc(N(c2ccc3c(c2)C(C)(C)c2ccc4ccccc4c2-3)c2c(C)cc(C)cc2C)cc1. The molecule has 8 aromatic carbocycles. The van der Waals surface area contributed by atoms with Crippen LogP contribution in [0.2, 0.25) is 0 Å². The van der Waals surface area contributed by atoms with Gasteiger partial charge < -0.3 is 9.80 Å². The Morgan fingerprint density at radius 1 is 0.586 bits per heavy atom. The smallest absolute Gasteiger partial charge is 0.0534 e. The first-order valence-electron chi connectivity index (χ1n) is 25.0. The molecule has 0 unspecified atom stereocenters. The molecule has 0 aromatic heterocycles. The lowest BCUT2D eigenvalue weighted by atomic mass is 9.82. The summed E-state index contributed by atoms with van der Waals surface area (Å²) in [4.78, 5) is 4.80. The zero-order valence-corrected chi connectivity index (χ0v) is 42.4. The normalized spacial score (nSPS) is 13.7. The Labute approximate surface area is 418 Å². The van der Waals surface area contributed by atoms with Gasteiger partial charge in [0.1, 0.15) is 0 Å². The molecule has 8 aromatic rings. The number of allylic oxidation sites excluding steroid dienone is 8. The molecule has 0 bridgehead atoms. The second-order valence-electron chi connectivity index (χ2n) is 19.5. The Kier molecular flexibility index (Phi) is 13.9. The predicted molar refractivity (Wildman–Crippen MR) is 304 cm³/mol. The minimum absolute atomic E-state index is 0.0684. The van der Waals surface area contributed by atoms with Crippen LogP contribution in [0, 0.1) is 34.6 Å². The highest BCUT2D eigenvalue weighted by Crippen LogP contribution is 2.53. The second kappa shape index (κ2) is 20.5. The molecule has 10 rings (SSSR count). The van der Waals surface area contributed by atoms with Crippen LogP contribution in [0.25, 0.3) is 28.0 Å². The van der Waals surface area contributed by atoms with Crippen molar-refractivity contribution < 1.29 is 0 Å². The van der Waals surface area contributed by atoms with Crippen molar-refractivity contribution in [1.29, 1.82) is 0 Å². The Balaban J connectivity index is 0.000000174. The van der Waals surface area contributed by atoms with Gasteiger partial charge >= 0.3 is 0 Å². The van der Waals surface area contributed by atoms with E-state index >= 15 is 0 Å². The fraction of sp³-hybridized carbons (Fsp3) is 0.176. The van der Waals surface area contributed by atoms with Gasteiger partial charge in [-0.15, -0.1) is 0 Å². The Morgan fingerprint density at radius 3 is 1.94 bits per heavy atom. The lowest BCUT2D eigenvalue weighted by Gasteiger charge is -2.30. The molecule has 2 aliphatic carbocycles. The number of para-hydroxylation sites is 3. The molecule has 0 saturated carbocycles. The first-order chi connectivity index (χ1) is 34.0. The van der Waals surface area contributed by atoms with Gasteiger partial charge in [0.25, 0.3) is 0 Å². The number of nitrogens with zero attached hydrogens (tertiary/aromatic N) is 2. The molecule has 70 heavy (non-hydrogen) atoms. The van der Waals surface area contributed by atoms with Gasteiger partial charge in [0.05, 0.1) is 11.4 Å². The number of anilines is 6. The van der Waals surface area contributed by atoms with Gasteiger partial charge in [0, 0.05) is 28.2 Å². The monoisotopic (exact) mass is 911 g/mol. The van der Waals surface area contributed by atoms with E-state index in [1.165, 1.54) is 106 Å². The van der Waals surface area contributed by atoms with Gasteiger partial charge in [0.15, 0.2) is 0 Å². The topological polar surface area (TPSA) is 6.48 Å². The fourth-order valence-electron chi connectivity index (χ4n) is 10.7. The summed E-state index contributed by atoms with van der Waals surface area (Å²) < 4.78 is 0. The summed E-state index contributed by atoms with van der Waals surface area (Å²) >= 11 is 0. The molecule has 0 spiro atoms. The van der Waals surface area contributed by atoms with Crippen LogP contribution in [0.3, 0.4) is 0 Å². The van der Waals surface area contributed by atoms with Gasteiger partial charge in [-0.25, -0.2) is 0 Å². The maximum absolute atomic E-state index is 4.09. The fourth-order valence-corrected chi connectivity index (χ4v) is 10.7. The Morgan fingerprint density at radius 2 is 1.24 bits per heavy atom. The van der Waals surface area contributed by atoms with E-state index < -0.39 is 0 Å². The molecular formula is C68H66N2. The number of aryl methyl sites for hydroxylation is 5. The van der Waals surface area contributed by atoms with Crippen LogP contribution < -0.4 is 9.80 Å². The predicted octanol–water partition coefficient (Wildman–Crippen LogP) is 19.5. The van der Waals surface area contributed by atoms with E-state index in [0.717, 1.165) is 30.6 Å². The van der Waals surface area contributed by atoms with Gasteiger partial charge in [-0.3, -0.25) is 0 Å². The molecule has 348 valence electrons. The molecule has 2 aliphatic rings. The summed E-state index contributed by atoms with van der Waals surface area (Å²) in [5.41, 5.74) is 24.0. The summed E-state index contributed by atoms with van der Waals surface area (Å²) in [7, 11) is 0. The van der Waals surface area contributed by atoms with Crippen LogP contribution in [0.1, 0.15) is 84.5 Å².